The number of rotatable bonds is 98. The van der Waals surface area contributed by atoms with Crippen molar-refractivity contribution >= 4 is 52.1 Å². The predicted molar refractivity (Wildman–Crippen MR) is 524 cm³/mol. The molecule has 0 saturated carbocycles. The minimum Gasteiger partial charge on any atom is -0.490 e. The Bertz CT molecular complexity index is 4090. The number of methoxy groups -OCH3 is 9. The van der Waals surface area contributed by atoms with E-state index in [1.807, 2.05) is 13.0 Å². The molecule has 6 N–H and O–H groups in total. The lowest BCUT2D eigenvalue weighted by Gasteiger charge is -2.21. The van der Waals surface area contributed by atoms with Crippen LogP contribution in [-0.4, -0.2) is 444 Å². The Hall–Kier alpha value is -9.10. The quantitative estimate of drug-likeness (QED) is 0.0191. The van der Waals surface area contributed by atoms with Gasteiger partial charge >= 0.3 is 0 Å². The van der Waals surface area contributed by atoms with E-state index in [9.17, 15) is 0 Å². The van der Waals surface area contributed by atoms with Crippen LogP contribution in [0.5, 0.6) is 51.7 Å². The average Bonchev–Trinajstić information content (AvgIpc) is 0.786. The summed E-state index contributed by atoms with van der Waals surface area (Å²) in [6.07, 6.45) is 0. The second kappa shape index (κ2) is 85.0. The van der Waals surface area contributed by atoms with Gasteiger partial charge in [-0.1, -0.05) is 6.07 Å². The zero-order chi connectivity index (χ0) is 103. The number of anilines is 5. The van der Waals surface area contributed by atoms with E-state index < -0.39 is 23.6 Å². The normalized spacial score (nSPS) is 11.3. The Morgan fingerprint density at radius 3 is 0.538 bits per heavy atom. The maximum atomic E-state index is 16.2. The van der Waals surface area contributed by atoms with Crippen molar-refractivity contribution in [2.45, 2.75) is 6.92 Å². The third-order valence-corrected chi connectivity index (χ3v) is 19.1. The van der Waals surface area contributed by atoms with Crippen LogP contribution < -0.4 is 69.6 Å². The van der Waals surface area contributed by atoms with Gasteiger partial charge in [0.15, 0.2) is 0 Å². The molecule has 0 atom stereocenters. The monoisotopic (exact) mass is 2040 g/mol. The van der Waals surface area contributed by atoms with Gasteiger partial charge in [-0.2, -0.15) is 0 Å². The number of hydrogen-bond donors (Lipinski definition) is 5. The summed E-state index contributed by atoms with van der Waals surface area (Å²) < 4.78 is 207. The summed E-state index contributed by atoms with van der Waals surface area (Å²) in [5.41, 5.74) is 6.89. The predicted octanol–water partition coefficient (Wildman–Crippen LogP) is 7.11. The van der Waals surface area contributed by atoms with Crippen molar-refractivity contribution in [3.63, 3.8) is 0 Å². The van der Waals surface area contributed by atoms with Crippen LogP contribution >= 0.6 is 0 Å². The van der Waals surface area contributed by atoms with Gasteiger partial charge in [-0.05, 0) is 48.9 Å². The number of carbonyl (C=O) groups is 4. The lowest BCUT2D eigenvalue weighted by Crippen LogP contribution is -2.21. The summed E-state index contributed by atoms with van der Waals surface area (Å²) in [6, 6.07) is 16.4. The second-order valence-electron chi connectivity index (χ2n) is 29.8. The first-order valence-electron chi connectivity index (χ1n) is 47.6. The molecule has 0 saturated heterocycles. The third-order valence-electron chi connectivity index (χ3n) is 19.1. The van der Waals surface area contributed by atoms with Crippen LogP contribution in [0.3, 0.4) is 0 Å². The Balaban J connectivity index is 1.78. The van der Waals surface area contributed by atoms with Gasteiger partial charge in [0, 0.05) is 88.3 Å². The Morgan fingerprint density at radius 1 is 0.182 bits per heavy atom. The van der Waals surface area contributed by atoms with Gasteiger partial charge in [0.25, 0.3) is 23.6 Å². The van der Waals surface area contributed by atoms with Crippen molar-refractivity contribution in [1.82, 2.24) is 0 Å². The maximum absolute atomic E-state index is 16.2. The smallest absolute Gasteiger partial charge is 0.259 e. The molecule has 5 aromatic rings. The van der Waals surface area contributed by atoms with E-state index in [1.165, 1.54) is 48.5 Å². The van der Waals surface area contributed by atoms with Gasteiger partial charge in [-0.25, -0.2) is 0 Å². The lowest BCUT2D eigenvalue weighted by atomic mass is 10.1. The van der Waals surface area contributed by atoms with E-state index in [4.69, 9.17) is 176 Å². The molecule has 5 aromatic carbocycles. The number of nitrogen functional groups attached to an aromatic ring is 1. The van der Waals surface area contributed by atoms with Crippen molar-refractivity contribution in [1.29, 1.82) is 0 Å². The molecule has 45 nitrogen and oxygen atoms in total. The summed E-state index contributed by atoms with van der Waals surface area (Å²) in [4.78, 5) is 63.2. The van der Waals surface area contributed by atoms with E-state index in [1.54, 1.807) is 76.1 Å². The van der Waals surface area contributed by atoms with Crippen LogP contribution in [0.2, 0.25) is 0 Å². The molecule has 45 heteroatoms. The minimum atomic E-state index is -0.912. The summed E-state index contributed by atoms with van der Waals surface area (Å²) in [5.74, 6) is -3.12. The number of hydrogen-bond acceptors (Lipinski definition) is 41. The van der Waals surface area contributed by atoms with E-state index in [0.717, 1.165) is 5.56 Å². The summed E-state index contributed by atoms with van der Waals surface area (Å²) in [5, 5.41) is 12.0. The largest absolute Gasteiger partial charge is 0.490 e. The molecule has 0 bridgehead atoms. The van der Waals surface area contributed by atoms with Crippen molar-refractivity contribution in [3.8, 4) is 51.7 Å². The van der Waals surface area contributed by atoms with Gasteiger partial charge in [-0.3, -0.25) is 19.2 Å². The van der Waals surface area contributed by atoms with Crippen LogP contribution in [0.15, 0.2) is 66.7 Å². The highest BCUT2D eigenvalue weighted by Crippen LogP contribution is 2.41. The van der Waals surface area contributed by atoms with Crippen LogP contribution in [0.1, 0.15) is 47.0 Å². The first kappa shape index (κ1) is 124. The number of benzene rings is 5. The van der Waals surface area contributed by atoms with Crippen LogP contribution in [-0.2, 0) is 128 Å². The van der Waals surface area contributed by atoms with Crippen LogP contribution in [0.25, 0.3) is 0 Å². The molecule has 0 fully saturated rings. The SMILES string of the molecule is COCCOCCOCCOc1cc(OCCOCCOCCOC)c(C(=O)Nc2cc(C(=O)Nc3cc(C(=O)Nc4cc(C(=O)Nc5cc(C)ccc5OCCOCCOCCOC)c(OCCOCCOCCOC)cc4OCCOCCOCCOC)c(OCCOCCOCCOC)cc3OCCOCCOCCOC)c(OCCOCCOCCOC)cc2OCCOCCOCCOC)cc1N. The number of carbonyl (C=O) groups excluding carboxylic acids is 4. The molecule has 0 aliphatic rings. The number of aryl methyl sites for hydroxylation is 1. The topological polar surface area (TPSA) is 475 Å². The second-order valence-corrected chi connectivity index (χ2v) is 29.8. The fraction of sp³-hybridized carbons (Fsp3) is 0.653. The van der Waals surface area contributed by atoms with E-state index in [-0.39, 0.29) is 315 Å². The number of nitrogens with two attached hydrogens (primary N) is 1. The summed E-state index contributed by atoms with van der Waals surface area (Å²) in [7, 11) is 14.2. The molecule has 0 aliphatic heterocycles. The lowest BCUT2D eigenvalue weighted by molar-refractivity contribution is 0.0174. The molecular weight excluding hydrogens is 1890 g/mol. The fourth-order valence-electron chi connectivity index (χ4n) is 11.9. The highest BCUT2D eigenvalue weighted by atomic mass is 16.6. The van der Waals surface area contributed by atoms with Crippen molar-refractivity contribution < 1.29 is 190 Å². The Labute approximate surface area is 839 Å². The van der Waals surface area contributed by atoms with Gasteiger partial charge in [0.1, 0.15) is 111 Å². The van der Waals surface area contributed by atoms with Crippen molar-refractivity contribution in [2.75, 3.05) is 448 Å². The van der Waals surface area contributed by atoms with E-state index in [0.29, 0.717) is 144 Å². The molecule has 0 spiro atoms. The molecule has 143 heavy (non-hydrogen) atoms. The van der Waals surface area contributed by atoms with Gasteiger partial charge in [-0.15, -0.1) is 0 Å². The maximum Gasteiger partial charge on any atom is 0.259 e. The van der Waals surface area contributed by atoms with Crippen molar-refractivity contribution in [2.24, 2.45) is 0 Å². The van der Waals surface area contributed by atoms with Gasteiger partial charge in [0.2, 0.25) is 0 Å². The molecule has 812 valence electrons. The fourth-order valence-corrected chi connectivity index (χ4v) is 11.9. The van der Waals surface area contributed by atoms with E-state index in [2.05, 4.69) is 21.3 Å². The highest BCUT2D eigenvalue weighted by molar-refractivity contribution is 6.14. The molecule has 4 amide bonds. The standard InChI is InChI=1S/C98H155N5O40/c1-76-11-12-86(135-58-49-126-40-31-117-22-13-108-2)82(67-76)100-96(105)78-69-84(93(142-65-56-133-47-38-124-29-20-115-9)73-88(78)137-60-51-128-42-33-119-24-15-110-4)102-98(107)80-71-85(94(143-66-57-134-48-39-125-30-21-116-10)75-90(80)139-62-53-130-44-35-121-26-17-112-6)103-97(106)79-70-83(92(141-64-55-132-46-37-123-28-19-114-8)74-89(79)138-61-52-129-43-34-120-25-16-111-5)101-95(104)77-68-81(99)91(140-63-54-131-45-36-122-27-18-113-7)72-87(77)136-59-50-127-41-32-118-23-14-109-3/h11-12,67-75H,13-66,99H2,1-10H3,(H,100,105)(H,101,104)(H,102,107)(H,103,106). The molecule has 0 heterocycles. The number of amides is 4. The highest BCUT2D eigenvalue weighted by Gasteiger charge is 2.29. The zero-order valence-electron chi connectivity index (χ0n) is 84.9. The average molecular weight is 2040 g/mol. The molecular formula is C98H155N5O40. The number of nitrogens with one attached hydrogen (secondary N) is 4. The first-order valence-corrected chi connectivity index (χ1v) is 47.6. The van der Waals surface area contributed by atoms with Gasteiger partial charge in [0.05, 0.1) is 348 Å². The van der Waals surface area contributed by atoms with E-state index >= 15 is 19.2 Å². The summed E-state index contributed by atoms with van der Waals surface area (Å²) in [6.45, 7) is 12.3. The third kappa shape index (κ3) is 57.6. The Morgan fingerprint density at radius 2 is 0.336 bits per heavy atom. The molecule has 0 unspecified atom stereocenters. The van der Waals surface area contributed by atoms with Crippen LogP contribution in [0, 0.1) is 6.92 Å². The number of ether oxygens (including phenoxy) is 36. The molecule has 0 aromatic heterocycles. The molecule has 0 radical (unpaired) electrons. The Kier molecular flexibility index (Phi) is 74.0. The zero-order valence-corrected chi connectivity index (χ0v) is 84.9. The van der Waals surface area contributed by atoms with Crippen molar-refractivity contribution in [3.05, 3.63) is 94.5 Å². The van der Waals surface area contributed by atoms with Crippen LogP contribution in [0.4, 0.5) is 28.4 Å². The summed E-state index contributed by atoms with van der Waals surface area (Å²) >= 11 is 0. The molecule has 0 aliphatic carbocycles. The molecule has 5 rings (SSSR count). The van der Waals surface area contributed by atoms with Gasteiger partial charge < -0.3 is 198 Å². The minimum absolute atomic E-state index is 0.000864. The first-order chi connectivity index (χ1) is 70.3.